The Bertz CT molecular complexity index is 1110. The van der Waals surface area contributed by atoms with Crippen LogP contribution in [0, 0.1) is 11.6 Å². The molecule has 0 spiro atoms. The van der Waals surface area contributed by atoms with E-state index in [2.05, 4.69) is 10.3 Å². The van der Waals surface area contributed by atoms with Crippen LogP contribution in [0.2, 0.25) is 0 Å². The largest absolute Gasteiger partial charge is 0.302 e. The van der Waals surface area contributed by atoms with E-state index in [0.29, 0.717) is 10.8 Å². The molecule has 4 aromatic rings. The number of aromatic nitrogens is 1. The lowest BCUT2D eigenvalue weighted by atomic mass is 9.88. The van der Waals surface area contributed by atoms with E-state index in [9.17, 15) is 13.6 Å². The number of anilines is 1. The second-order valence-corrected chi connectivity index (χ2v) is 7.65. The van der Waals surface area contributed by atoms with E-state index < -0.39 is 11.6 Å². The van der Waals surface area contributed by atoms with Crippen LogP contribution in [0.3, 0.4) is 0 Å². The lowest BCUT2D eigenvalue weighted by molar-refractivity contribution is -0.116. The summed E-state index contributed by atoms with van der Waals surface area (Å²) in [5, 5.41) is 4.82. The Morgan fingerprint density at radius 2 is 1.57 bits per heavy atom. The Balaban J connectivity index is 1.51. The molecule has 0 bridgehead atoms. The van der Waals surface area contributed by atoms with Gasteiger partial charge in [0.25, 0.3) is 0 Å². The van der Waals surface area contributed by atoms with Gasteiger partial charge in [-0.25, -0.2) is 13.8 Å². The number of amides is 1. The van der Waals surface area contributed by atoms with Crippen molar-refractivity contribution in [2.45, 2.75) is 12.3 Å². The summed E-state index contributed by atoms with van der Waals surface area (Å²) in [6.45, 7) is 0. The molecule has 0 radical (unpaired) electrons. The number of nitrogens with zero attached hydrogens (tertiary/aromatic N) is 1. The van der Waals surface area contributed by atoms with Gasteiger partial charge in [-0.1, -0.05) is 60.7 Å². The molecule has 30 heavy (non-hydrogen) atoms. The second kappa shape index (κ2) is 8.97. The van der Waals surface area contributed by atoms with Crippen LogP contribution in [0.15, 0.2) is 84.2 Å². The van der Waals surface area contributed by atoms with Gasteiger partial charge in [0.15, 0.2) is 5.13 Å². The Kier molecular flexibility index (Phi) is 5.95. The maximum absolute atomic E-state index is 14.0. The smallest absolute Gasteiger partial charge is 0.227 e. The topological polar surface area (TPSA) is 42.0 Å². The molecule has 0 saturated carbocycles. The van der Waals surface area contributed by atoms with Crippen molar-refractivity contribution in [1.82, 2.24) is 4.98 Å². The SMILES string of the molecule is O=C(CC(c1ccccc1)c1ccccc1)Nc1nc(-c2ccc(F)cc2F)cs1. The number of hydrogen-bond donors (Lipinski definition) is 1. The number of benzene rings is 3. The van der Waals surface area contributed by atoms with Crippen LogP contribution in [0.5, 0.6) is 0 Å². The van der Waals surface area contributed by atoms with Crippen LogP contribution < -0.4 is 5.32 Å². The van der Waals surface area contributed by atoms with Gasteiger partial charge in [-0.05, 0) is 23.3 Å². The van der Waals surface area contributed by atoms with Crippen molar-refractivity contribution in [1.29, 1.82) is 0 Å². The average molecular weight is 420 g/mol. The molecule has 150 valence electrons. The van der Waals surface area contributed by atoms with Gasteiger partial charge in [0, 0.05) is 29.3 Å². The van der Waals surface area contributed by atoms with Gasteiger partial charge in [0.1, 0.15) is 11.6 Å². The summed E-state index contributed by atoms with van der Waals surface area (Å²) in [4.78, 5) is 17.0. The molecule has 0 aliphatic carbocycles. The molecule has 0 atom stereocenters. The van der Waals surface area contributed by atoms with Crippen LogP contribution in [0.25, 0.3) is 11.3 Å². The van der Waals surface area contributed by atoms with Crippen molar-refractivity contribution < 1.29 is 13.6 Å². The highest BCUT2D eigenvalue weighted by Gasteiger charge is 2.19. The number of thiazole rings is 1. The zero-order valence-electron chi connectivity index (χ0n) is 15.9. The van der Waals surface area contributed by atoms with Crippen molar-refractivity contribution in [3.05, 3.63) is 107 Å². The van der Waals surface area contributed by atoms with Crippen LogP contribution in [-0.2, 0) is 4.79 Å². The quantitative estimate of drug-likeness (QED) is 0.401. The molecule has 0 saturated heterocycles. The van der Waals surface area contributed by atoms with Gasteiger partial charge >= 0.3 is 0 Å². The third kappa shape index (κ3) is 4.60. The third-order valence-electron chi connectivity index (χ3n) is 4.75. The molecular weight excluding hydrogens is 402 g/mol. The molecule has 4 rings (SSSR count). The van der Waals surface area contributed by atoms with Gasteiger partial charge in [-0.2, -0.15) is 0 Å². The van der Waals surface area contributed by atoms with Crippen molar-refractivity contribution in [3.8, 4) is 11.3 Å². The molecule has 0 unspecified atom stereocenters. The van der Waals surface area contributed by atoms with E-state index in [4.69, 9.17) is 0 Å². The highest BCUT2D eigenvalue weighted by Crippen LogP contribution is 2.30. The minimum absolute atomic E-state index is 0.0959. The number of carbonyl (C=O) groups is 1. The first-order valence-electron chi connectivity index (χ1n) is 9.41. The number of halogens is 2. The minimum atomic E-state index is -0.689. The fraction of sp³-hybridized carbons (Fsp3) is 0.0833. The fourth-order valence-corrected chi connectivity index (χ4v) is 4.03. The molecule has 0 aliphatic rings. The predicted molar refractivity (Wildman–Crippen MR) is 115 cm³/mol. The maximum Gasteiger partial charge on any atom is 0.227 e. The van der Waals surface area contributed by atoms with Crippen LogP contribution in [0.4, 0.5) is 13.9 Å². The summed E-state index contributed by atoms with van der Waals surface area (Å²) in [6, 6.07) is 23.0. The standard InChI is InChI=1S/C24H18F2N2OS/c25-18-11-12-19(21(26)13-18)22-15-30-24(27-22)28-23(29)14-20(16-7-3-1-4-8-16)17-9-5-2-6-10-17/h1-13,15,20H,14H2,(H,27,28,29). The normalized spacial score (nSPS) is 10.9. The van der Waals surface area contributed by atoms with E-state index in [0.717, 1.165) is 17.2 Å². The summed E-state index contributed by atoms with van der Waals surface area (Å²) in [7, 11) is 0. The highest BCUT2D eigenvalue weighted by atomic mass is 32.1. The number of nitrogens with one attached hydrogen (secondary N) is 1. The zero-order valence-corrected chi connectivity index (χ0v) is 16.7. The Labute approximate surface area is 177 Å². The molecule has 0 fully saturated rings. The second-order valence-electron chi connectivity index (χ2n) is 6.79. The summed E-state index contributed by atoms with van der Waals surface area (Å²) in [5.41, 5.74) is 2.65. The molecule has 1 amide bonds. The van der Waals surface area contributed by atoms with Gasteiger partial charge in [0.2, 0.25) is 5.91 Å². The molecule has 0 aliphatic heterocycles. The monoisotopic (exact) mass is 420 g/mol. The number of rotatable bonds is 6. The van der Waals surface area contributed by atoms with Crippen LogP contribution in [-0.4, -0.2) is 10.9 Å². The van der Waals surface area contributed by atoms with E-state index in [1.54, 1.807) is 5.38 Å². The summed E-state index contributed by atoms with van der Waals surface area (Å²) in [5.74, 6) is -1.62. The molecule has 1 aromatic heterocycles. The van der Waals surface area contributed by atoms with Crippen LogP contribution in [0.1, 0.15) is 23.5 Å². The van der Waals surface area contributed by atoms with E-state index in [1.165, 1.54) is 23.5 Å². The van der Waals surface area contributed by atoms with E-state index in [1.807, 2.05) is 60.7 Å². The van der Waals surface area contributed by atoms with Gasteiger partial charge in [-0.3, -0.25) is 4.79 Å². The van der Waals surface area contributed by atoms with E-state index >= 15 is 0 Å². The molecule has 1 N–H and O–H groups in total. The van der Waals surface area contributed by atoms with Crippen LogP contribution >= 0.6 is 11.3 Å². The van der Waals surface area contributed by atoms with E-state index in [-0.39, 0.29) is 23.8 Å². The molecule has 3 nitrogen and oxygen atoms in total. The molecule has 6 heteroatoms. The van der Waals surface area contributed by atoms with Crippen molar-refractivity contribution in [2.24, 2.45) is 0 Å². The summed E-state index contributed by atoms with van der Waals surface area (Å²) in [6.07, 6.45) is 0.244. The Morgan fingerprint density at radius 3 is 2.17 bits per heavy atom. The van der Waals surface area contributed by atoms with Crippen molar-refractivity contribution >= 4 is 22.4 Å². The van der Waals surface area contributed by atoms with Gasteiger partial charge < -0.3 is 5.32 Å². The van der Waals surface area contributed by atoms with Crippen molar-refractivity contribution in [3.63, 3.8) is 0 Å². The Hall–Kier alpha value is -3.38. The maximum atomic E-state index is 14.0. The predicted octanol–water partition coefficient (Wildman–Crippen LogP) is 6.25. The molecule has 3 aromatic carbocycles. The highest BCUT2D eigenvalue weighted by molar-refractivity contribution is 7.14. The Morgan fingerprint density at radius 1 is 0.933 bits per heavy atom. The molecular formula is C24H18F2N2OS. The van der Waals surface area contributed by atoms with Gasteiger partial charge in [0.05, 0.1) is 5.69 Å². The zero-order chi connectivity index (χ0) is 20.9. The number of carbonyl (C=O) groups excluding carboxylic acids is 1. The summed E-state index contributed by atoms with van der Waals surface area (Å²) >= 11 is 1.20. The first kappa shape index (κ1) is 19.9. The first-order chi connectivity index (χ1) is 14.6. The average Bonchev–Trinajstić information content (AvgIpc) is 3.21. The van der Waals surface area contributed by atoms with Crippen molar-refractivity contribution in [2.75, 3.05) is 5.32 Å². The third-order valence-corrected chi connectivity index (χ3v) is 5.51. The number of hydrogen-bond acceptors (Lipinski definition) is 3. The summed E-state index contributed by atoms with van der Waals surface area (Å²) < 4.78 is 27.1. The van der Waals surface area contributed by atoms with Gasteiger partial charge in [-0.15, -0.1) is 11.3 Å². The lowest BCUT2D eigenvalue weighted by Gasteiger charge is -2.17. The molecule has 1 heterocycles. The first-order valence-corrected chi connectivity index (χ1v) is 10.3. The fourth-order valence-electron chi connectivity index (χ4n) is 3.31. The lowest BCUT2D eigenvalue weighted by Crippen LogP contribution is -2.16. The minimum Gasteiger partial charge on any atom is -0.302 e.